The van der Waals surface area contributed by atoms with Crippen LogP contribution in [0, 0.1) is 0 Å². The molecule has 0 radical (unpaired) electrons. The summed E-state index contributed by atoms with van der Waals surface area (Å²) in [6, 6.07) is 6.95. The van der Waals surface area contributed by atoms with Crippen LogP contribution in [-0.4, -0.2) is 18.5 Å². The Kier molecular flexibility index (Phi) is 2.72. The second kappa shape index (κ2) is 4.18. The number of rotatable bonds is 2. The van der Waals surface area contributed by atoms with Crippen molar-refractivity contribution in [1.29, 1.82) is 0 Å². The van der Waals surface area contributed by atoms with Gasteiger partial charge >= 0.3 is 11.9 Å². The molecule has 1 aromatic carbocycles. The van der Waals surface area contributed by atoms with E-state index < -0.39 is 11.9 Å². The summed E-state index contributed by atoms with van der Waals surface area (Å²) >= 11 is 0. The summed E-state index contributed by atoms with van der Waals surface area (Å²) in [7, 11) is 0. The fraction of sp³-hybridized carbons (Fsp3) is 0.167. The first-order valence-corrected chi connectivity index (χ1v) is 4.92. The van der Waals surface area contributed by atoms with Crippen LogP contribution in [0.1, 0.15) is 12.5 Å². The molecular weight excluding hydrogens is 208 g/mol. The largest absolute Gasteiger partial charge is 0.463 e. The Bertz CT molecular complexity index is 474. The van der Waals surface area contributed by atoms with Crippen molar-refractivity contribution in [3.8, 4) is 5.75 Å². The molecule has 4 nitrogen and oxygen atoms in total. The fourth-order valence-corrected chi connectivity index (χ4v) is 1.48. The van der Waals surface area contributed by atoms with E-state index in [1.54, 1.807) is 31.2 Å². The van der Waals surface area contributed by atoms with Gasteiger partial charge in [0.15, 0.2) is 0 Å². The van der Waals surface area contributed by atoms with Gasteiger partial charge in [-0.3, -0.25) is 0 Å². The average Bonchev–Trinajstić information content (AvgIpc) is 2.56. The van der Waals surface area contributed by atoms with E-state index in [0.717, 1.165) is 6.08 Å². The third-order valence-electron chi connectivity index (χ3n) is 2.15. The second-order valence-electron chi connectivity index (χ2n) is 3.20. The summed E-state index contributed by atoms with van der Waals surface area (Å²) in [5.74, 6) is -0.580. The maximum Gasteiger partial charge on any atom is 0.344 e. The zero-order valence-electron chi connectivity index (χ0n) is 8.73. The molecule has 82 valence electrons. The Morgan fingerprint density at radius 2 is 2.19 bits per heavy atom. The number of carbonyl (C=O) groups excluding carboxylic acids is 2. The molecule has 0 unspecified atom stereocenters. The SMILES string of the molecule is CCOC(=O)/C=C1\C(=O)Oc2ccccc21. The summed E-state index contributed by atoms with van der Waals surface area (Å²) in [6.07, 6.45) is 1.16. The summed E-state index contributed by atoms with van der Waals surface area (Å²) in [4.78, 5) is 22.7. The normalized spacial score (nSPS) is 15.8. The first-order valence-electron chi connectivity index (χ1n) is 4.92. The molecule has 1 aromatic rings. The molecule has 0 N–H and O–H groups in total. The zero-order valence-corrected chi connectivity index (χ0v) is 8.73. The Balaban J connectivity index is 2.35. The summed E-state index contributed by atoms with van der Waals surface area (Å²) in [5.41, 5.74) is 0.870. The van der Waals surface area contributed by atoms with Crippen LogP contribution in [0.5, 0.6) is 5.75 Å². The van der Waals surface area contributed by atoms with Crippen LogP contribution in [0.3, 0.4) is 0 Å². The van der Waals surface area contributed by atoms with Gasteiger partial charge in [0.1, 0.15) is 5.75 Å². The van der Waals surface area contributed by atoms with Crippen molar-refractivity contribution >= 4 is 17.5 Å². The van der Waals surface area contributed by atoms with E-state index in [1.165, 1.54) is 0 Å². The Morgan fingerprint density at radius 3 is 2.94 bits per heavy atom. The van der Waals surface area contributed by atoms with E-state index in [4.69, 9.17) is 9.47 Å². The van der Waals surface area contributed by atoms with Gasteiger partial charge in [-0.2, -0.15) is 0 Å². The van der Waals surface area contributed by atoms with Crippen LogP contribution < -0.4 is 4.74 Å². The second-order valence-corrected chi connectivity index (χ2v) is 3.20. The van der Waals surface area contributed by atoms with Crippen molar-refractivity contribution in [2.45, 2.75) is 6.92 Å². The zero-order chi connectivity index (χ0) is 11.5. The summed E-state index contributed by atoms with van der Waals surface area (Å²) in [5, 5.41) is 0. The first-order chi connectivity index (χ1) is 7.72. The molecule has 16 heavy (non-hydrogen) atoms. The van der Waals surface area contributed by atoms with Crippen molar-refractivity contribution in [2.24, 2.45) is 0 Å². The van der Waals surface area contributed by atoms with Gasteiger partial charge in [0.25, 0.3) is 0 Å². The number of carbonyl (C=O) groups is 2. The summed E-state index contributed by atoms with van der Waals surface area (Å²) < 4.78 is 9.73. The van der Waals surface area contributed by atoms with E-state index in [9.17, 15) is 9.59 Å². The lowest BCUT2D eigenvalue weighted by Crippen LogP contribution is -2.05. The van der Waals surface area contributed by atoms with Gasteiger partial charge < -0.3 is 9.47 Å². The molecule has 0 amide bonds. The van der Waals surface area contributed by atoms with E-state index in [1.807, 2.05) is 0 Å². The molecule has 1 aliphatic heterocycles. The third kappa shape index (κ3) is 1.82. The molecule has 0 saturated carbocycles. The van der Waals surface area contributed by atoms with Gasteiger partial charge in [-0.1, -0.05) is 18.2 Å². The average molecular weight is 218 g/mol. The number of fused-ring (bicyclic) bond motifs is 1. The van der Waals surface area contributed by atoms with Crippen molar-refractivity contribution < 1.29 is 19.1 Å². The smallest absolute Gasteiger partial charge is 0.344 e. The lowest BCUT2D eigenvalue weighted by atomic mass is 10.1. The number of ether oxygens (including phenoxy) is 2. The topological polar surface area (TPSA) is 52.6 Å². The molecule has 4 heteroatoms. The number of hydrogen-bond acceptors (Lipinski definition) is 4. The molecule has 0 saturated heterocycles. The van der Waals surface area contributed by atoms with E-state index in [0.29, 0.717) is 11.3 Å². The molecule has 0 fully saturated rings. The highest BCUT2D eigenvalue weighted by Gasteiger charge is 2.27. The lowest BCUT2D eigenvalue weighted by molar-refractivity contribution is -0.137. The predicted molar refractivity (Wildman–Crippen MR) is 56.7 cm³/mol. The van der Waals surface area contributed by atoms with E-state index in [-0.39, 0.29) is 12.2 Å². The van der Waals surface area contributed by atoms with Crippen molar-refractivity contribution in [3.05, 3.63) is 35.9 Å². The molecule has 0 atom stereocenters. The first kappa shape index (κ1) is 10.4. The molecule has 0 bridgehead atoms. The van der Waals surface area contributed by atoms with E-state index in [2.05, 4.69) is 0 Å². The van der Waals surface area contributed by atoms with Crippen LogP contribution in [0.25, 0.3) is 5.57 Å². The van der Waals surface area contributed by atoms with Crippen LogP contribution in [0.15, 0.2) is 30.3 Å². The molecule has 1 heterocycles. The maximum absolute atomic E-state index is 11.5. The van der Waals surface area contributed by atoms with E-state index >= 15 is 0 Å². The van der Waals surface area contributed by atoms with Crippen LogP contribution >= 0.6 is 0 Å². The number of para-hydroxylation sites is 1. The molecular formula is C12H10O4. The molecule has 0 aromatic heterocycles. The van der Waals surface area contributed by atoms with Gasteiger partial charge in [0.05, 0.1) is 12.2 Å². The van der Waals surface area contributed by atoms with Crippen LogP contribution in [-0.2, 0) is 14.3 Å². The van der Waals surface area contributed by atoms with Crippen molar-refractivity contribution in [3.63, 3.8) is 0 Å². The van der Waals surface area contributed by atoms with Crippen molar-refractivity contribution in [1.82, 2.24) is 0 Å². The highest BCUT2D eigenvalue weighted by molar-refractivity contribution is 6.24. The molecule has 1 aliphatic rings. The minimum Gasteiger partial charge on any atom is -0.463 e. The standard InChI is InChI=1S/C12H10O4/c1-2-15-11(13)7-9-8-5-3-4-6-10(8)16-12(9)14/h3-7H,2H2,1H3/b9-7-. The van der Waals surface area contributed by atoms with Crippen molar-refractivity contribution in [2.75, 3.05) is 6.61 Å². The highest BCUT2D eigenvalue weighted by Crippen LogP contribution is 2.33. The highest BCUT2D eigenvalue weighted by atomic mass is 16.5. The maximum atomic E-state index is 11.5. The monoisotopic (exact) mass is 218 g/mol. The lowest BCUT2D eigenvalue weighted by Gasteiger charge is -1.96. The molecule has 0 spiro atoms. The molecule has 2 rings (SSSR count). The quantitative estimate of drug-likeness (QED) is 0.429. The predicted octanol–water partition coefficient (Wildman–Crippen LogP) is 1.55. The van der Waals surface area contributed by atoms with Gasteiger partial charge in [-0.25, -0.2) is 9.59 Å². The number of hydrogen-bond donors (Lipinski definition) is 0. The van der Waals surface area contributed by atoms with Gasteiger partial charge in [-0.05, 0) is 13.0 Å². The molecule has 0 aliphatic carbocycles. The van der Waals surface area contributed by atoms with Crippen LogP contribution in [0.4, 0.5) is 0 Å². The Morgan fingerprint density at radius 1 is 1.44 bits per heavy atom. The van der Waals surface area contributed by atoms with Gasteiger partial charge in [0.2, 0.25) is 0 Å². The summed E-state index contributed by atoms with van der Waals surface area (Å²) in [6.45, 7) is 1.98. The number of esters is 2. The fourth-order valence-electron chi connectivity index (χ4n) is 1.48. The van der Waals surface area contributed by atoms with Crippen LogP contribution in [0.2, 0.25) is 0 Å². The van der Waals surface area contributed by atoms with Gasteiger partial charge in [-0.15, -0.1) is 0 Å². The third-order valence-corrected chi connectivity index (χ3v) is 2.15. The Labute approximate surface area is 92.5 Å². The minimum atomic E-state index is -0.536. The Hall–Kier alpha value is -2.10. The van der Waals surface area contributed by atoms with Gasteiger partial charge in [0, 0.05) is 11.6 Å². The number of benzene rings is 1. The minimum absolute atomic E-state index is 0.244.